The van der Waals surface area contributed by atoms with Crippen molar-refractivity contribution in [2.24, 2.45) is 0 Å². The molecular formula is C61H42N2S. The third-order valence-corrected chi connectivity index (χ3v) is 14.0. The lowest BCUT2D eigenvalue weighted by molar-refractivity contribution is 1.18. The Bertz CT molecular complexity index is 3640. The van der Waals surface area contributed by atoms with E-state index in [4.69, 9.17) is 0 Å². The van der Waals surface area contributed by atoms with E-state index in [-0.39, 0.29) is 0 Å². The van der Waals surface area contributed by atoms with Gasteiger partial charge in [-0.25, -0.2) is 0 Å². The number of thiophene rings is 1. The molecule has 0 N–H and O–H groups in total. The smallest absolute Gasteiger partial charge is 0.0541 e. The SMILES string of the molecule is C=C1/C=C\C=C/Cc2ccccc2-c2ccc(-n3c4ccccc4c4cc(-c5ccc(N(c6ccccc6)c6ccc(-c7cccc8c7sc7ccccc78)cc6)cc5)ccc43)cc21. The molecule has 11 aromatic rings. The zero-order valence-corrected chi connectivity index (χ0v) is 36.0. The quantitative estimate of drug-likeness (QED) is 0.162. The topological polar surface area (TPSA) is 8.17 Å². The average molecular weight is 835 g/mol. The summed E-state index contributed by atoms with van der Waals surface area (Å²) < 4.78 is 5.06. The number of rotatable bonds is 6. The van der Waals surface area contributed by atoms with Gasteiger partial charge in [0.15, 0.2) is 0 Å². The summed E-state index contributed by atoms with van der Waals surface area (Å²) in [7, 11) is 0. The lowest BCUT2D eigenvalue weighted by atomic mass is 9.90. The maximum absolute atomic E-state index is 4.54. The first-order valence-electron chi connectivity index (χ1n) is 21.9. The second-order valence-electron chi connectivity index (χ2n) is 16.5. The maximum atomic E-state index is 4.54. The zero-order chi connectivity index (χ0) is 42.6. The third-order valence-electron chi connectivity index (χ3n) is 12.8. The van der Waals surface area contributed by atoms with Crippen LogP contribution in [0.1, 0.15) is 11.1 Å². The molecule has 0 amide bonds. The van der Waals surface area contributed by atoms with Crippen molar-refractivity contribution in [3.05, 3.63) is 248 Å². The van der Waals surface area contributed by atoms with Crippen LogP contribution in [0.4, 0.5) is 17.1 Å². The lowest BCUT2D eigenvalue weighted by Crippen LogP contribution is -2.09. The molecule has 2 heterocycles. The standard InChI is InChI=1S/C61H42N2S/c1-41-15-4-2-5-16-43-17-8-9-20-50(43)52-37-36-49(40-56(41)52)63-58-25-12-10-21-53(58)57-39-45(31-38-59(57)63)42-27-32-47(33-28-42)62(46-18-6-3-7-19-46)48-34-29-44(30-35-48)51-23-14-24-55-54-22-11-13-26-60(54)64-61(51)55/h2-15,17-40H,1,16H2/b5-2-,15-4-. The van der Waals surface area contributed by atoms with Gasteiger partial charge in [-0.3, -0.25) is 0 Å². The Morgan fingerprint density at radius 3 is 1.94 bits per heavy atom. The minimum absolute atomic E-state index is 0.887. The lowest BCUT2D eigenvalue weighted by Gasteiger charge is -2.26. The summed E-state index contributed by atoms with van der Waals surface area (Å²) >= 11 is 1.87. The molecule has 1 aliphatic rings. The van der Waals surface area contributed by atoms with Crippen molar-refractivity contribution in [3.8, 4) is 39.1 Å². The minimum Gasteiger partial charge on any atom is -0.311 e. The molecule has 3 heteroatoms. The van der Waals surface area contributed by atoms with E-state index in [9.17, 15) is 0 Å². The number of anilines is 3. The minimum atomic E-state index is 0.887. The molecule has 0 saturated carbocycles. The van der Waals surface area contributed by atoms with Gasteiger partial charge in [0.25, 0.3) is 0 Å². The van der Waals surface area contributed by atoms with Gasteiger partial charge in [-0.15, -0.1) is 11.3 Å². The Morgan fingerprint density at radius 2 is 1.09 bits per heavy atom. The average Bonchev–Trinajstić information content (AvgIpc) is 3.90. The second kappa shape index (κ2) is 15.7. The molecule has 0 fully saturated rings. The highest BCUT2D eigenvalue weighted by Gasteiger charge is 2.19. The van der Waals surface area contributed by atoms with Crippen LogP contribution in [0.25, 0.3) is 86.6 Å². The number of aromatic nitrogens is 1. The van der Waals surface area contributed by atoms with E-state index in [1.54, 1.807) is 0 Å². The van der Waals surface area contributed by atoms with Gasteiger partial charge in [0.1, 0.15) is 0 Å². The van der Waals surface area contributed by atoms with E-state index in [1.165, 1.54) is 80.9 Å². The number of hydrogen-bond acceptors (Lipinski definition) is 2. The van der Waals surface area contributed by atoms with Gasteiger partial charge >= 0.3 is 0 Å². The first-order valence-corrected chi connectivity index (χ1v) is 22.7. The highest BCUT2D eigenvalue weighted by atomic mass is 32.1. The predicted octanol–water partition coefficient (Wildman–Crippen LogP) is 17.3. The van der Waals surface area contributed by atoms with Crippen LogP contribution in [0, 0.1) is 0 Å². The molecule has 302 valence electrons. The van der Waals surface area contributed by atoms with Gasteiger partial charge in [0.2, 0.25) is 0 Å². The monoisotopic (exact) mass is 834 g/mol. The summed E-state index contributed by atoms with van der Waals surface area (Å²) in [6, 6.07) is 75.4. The van der Waals surface area contributed by atoms with E-state index in [2.05, 4.69) is 247 Å². The van der Waals surface area contributed by atoms with E-state index in [0.29, 0.717) is 0 Å². The number of para-hydroxylation sites is 2. The van der Waals surface area contributed by atoms with Crippen molar-refractivity contribution in [3.63, 3.8) is 0 Å². The molecule has 0 bridgehead atoms. The molecule has 64 heavy (non-hydrogen) atoms. The van der Waals surface area contributed by atoms with Gasteiger partial charge in [0, 0.05) is 53.7 Å². The Balaban J connectivity index is 0.905. The molecule has 0 radical (unpaired) electrons. The van der Waals surface area contributed by atoms with Crippen LogP contribution in [0.5, 0.6) is 0 Å². The molecule has 2 aromatic heterocycles. The number of benzene rings is 9. The van der Waals surface area contributed by atoms with Crippen LogP contribution in [0.3, 0.4) is 0 Å². The molecule has 12 rings (SSSR count). The molecule has 2 nitrogen and oxygen atoms in total. The van der Waals surface area contributed by atoms with Gasteiger partial charge < -0.3 is 9.47 Å². The fourth-order valence-corrected chi connectivity index (χ4v) is 10.9. The Hall–Kier alpha value is -7.98. The van der Waals surface area contributed by atoms with Crippen LogP contribution < -0.4 is 4.90 Å². The van der Waals surface area contributed by atoms with E-state index in [0.717, 1.165) is 40.3 Å². The van der Waals surface area contributed by atoms with Crippen molar-refractivity contribution in [1.29, 1.82) is 0 Å². The fourth-order valence-electron chi connectivity index (χ4n) is 9.69. The summed E-state index contributed by atoms with van der Waals surface area (Å²) in [5, 5.41) is 5.09. The number of fused-ring (bicyclic) bond motifs is 9. The summed E-state index contributed by atoms with van der Waals surface area (Å²) in [4.78, 5) is 2.34. The molecule has 0 aliphatic heterocycles. The van der Waals surface area contributed by atoms with E-state index >= 15 is 0 Å². The first kappa shape index (κ1) is 37.8. The van der Waals surface area contributed by atoms with Crippen LogP contribution in [0.2, 0.25) is 0 Å². The maximum Gasteiger partial charge on any atom is 0.0541 e. The molecule has 9 aromatic carbocycles. The summed E-state index contributed by atoms with van der Waals surface area (Å²) in [5.41, 5.74) is 17.6. The normalized spacial score (nSPS) is 13.5. The van der Waals surface area contributed by atoms with Crippen LogP contribution >= 0.6 is 11.3 Å². The zero-order valence-electron chi connectivity index (χ0n) is 35.2. The Kier molecular flexibility index (Phi) is 9.28. The highest BCUT2D eigenvalue weighted by Crippen LogP contribution is 2.43. The van der Waals surface area contributed by atoms with Gasteiger partial charge in [-0.2, -0.15) is 0 Å². The van der Waals surface area contributed by atoms with Gasteiger partial charge in [0.05, 0.1) is 11.0 Å². The number of allylic oxidation sites excluding steroid dienone is 5. The molecule has 0 atom stereocenters. The Morgan fingerprint density at radius 1 is 0.438 bits per heavy atom. The molecule has 1 aliphatic carbocycles. The highest BCUT2D eigenvalue weighted by molar-refractivity contribution is 7.26. The first-order chi connectivity index (χ1) is 31.7. The third kappa shape index (κ3) is 6.49. The molecule has 0 saturated heterocycles. The summed E-state index contributed by atoms with van der Waals surface area (Å²) in [6.07, 6.45) is 9.46. The second-order valence-corrected chi connectivity index (χ2v) is 17.6. The van der Waals surface area contributed by atoms with Crippen molar-refractivity contribution in [1.82, 2.24) is 4.57 Å². The fraction of sp³-hybridized carbons (Fsp3) is 0.0164. The van der Waals surface area contributed by atoms with Crippen LogP contribution in [-0.2, 0) is 6.42 Å². The number of nitrogens with zero attached hydrogens (tertiary/aromatic N) is 2. The molecular weight excluding hydrogens is 793 g/mol. The molecule has 0 unspecified atom stereocenters. The molecule has 0 spiro atoms. The Labute approximate surface area is 377 Å². The largest absolute Gasteiger partial charge is 0.311 e. The number of hydrogen-bond donors (Lipinski definition) is 0. The van der Waals surface area contributed by atoms with Gasteiger partial charge in [-0.05, 0) is 129 Å². The van der Waals surface area contributed by atoms with Crippen molar-refractivity contribution in [2.75, 3.05) is 4.90 Å². The summed E-state index contributed by atoms with van der Waals surface area (Å²) in [6.45, 7) is 4.54. The van der Waals surface area contributed by atoms with Crippen molar-refractivity contribution in [2.45, 2.75) is 6.42 Å². The predicted molar refractivity (Wildman–Crippen MR) is 276 cm³/mol. The van der Waals surface area contributed by atoms with Crippen LogP contribution in [-0.4, -0.2) is 4.57 Å². The van der Waals surface area contributed by atoms with Gasteiger partial charge in [-0.1, -0.05) is 164 Å². The summed E-state index contributed by atoms with van der Waals surface area (Å²) in [5.74, 6) is 0. The van der Waals surface area contributed by atoms with Crippen molar-refractivity contribution >= 4 is 76.0 Å². The van der Waals surface area contributed by atoms with E-state index < -0.39 is 0 Å². The van der Waals surface area contributed by atoms with Crippen molar-refractivity contribution < 1.29 is 0 Å². The van der Waals surface area contributed by atoms with Crippen LogP contribution in [0.15, 0.2) is 237 Å². The van der Waals surface area contributed by atoms with E-state index in [1.807, 2.05) is 11.3 Å².